The number of carbonyl (C=O) groups excluding carboxylic acids is 3. The fourth-order valence-electron chi connectivity index (χ4n) is 4.04. The smallest absolute Gasteiger partial charge is 0.473 e. The van der Waals surface area contributed by atoms with Gasteiger partial charge in [-0.05, 0) is 49.9 Å². The molecule has 0 aliphatic rings. The van der Waals surface area contributed by atoms with Crippen molar-refractivity contribution in [3.63, 3.8) is 0 Å². The zero-order chi connectivity index (χ0) is 31.0. The lowest BCUT2D eigenvalue weighted by atomic mass is 9.89. The number of carbonyl (C=O) groups is 3. The first-order valence-electron chi connectivity index (χ1n) is 14.3. The third-order valence-corrected chi connectivity index (χ3v) is 8.84. The van der Waals surface area contributed by atoms with Crippen LogP contribution in [0.4, 0.5) is 0 Å². The fourth-order valence-corrected chi connectivity index (χ4v) is 4.89. The summed E-state index contributed by atoms with van der Waals surface area (Å²) in [7, 11) is -0.0893. The van der Waals surface area contributed by atoms with E-state index in [0.717, 1.165) is 19.3 Å². The second kappa shape index (κ2) is 18.2. The topological polar surface area (TPSA) is 130 Å². The molecular weight excluding hydrogens is 558 g/mol. The molecule has 0 heterocycles. The first kappa shape index (κ1) is 34.8. The summed E-state index contributed by atoms with van der Waals surface area (Å²) >= 11 is 0. The van der Waals surface area contributed by atoms with Gasteiger partial charge in [0.1, 0.15) is 11.5 Å². The Morgan fingerprint density at radius 1 is 0.881 bits per heavy atom. The first-order valence-corrected chi connectivity index (χ1v) is 16.5. The number of ether oxygens (including phenoxy) is 1. The van der Waals surface area contributed by atoms with Gasteiger partial charge in [-0.2, -0.15) is 0 Å². The molecule has 10 nitrogen and oxygen atoms in total. The van der Waals surface area contributed by atoms with Crippen molar-refractivity contribution in [3.8, 4) is 5.75 Å². The van der Waals surface area contributed by atoms with Crippen LogP contribution in [-0.4, -0.2) is 51.6 Å². The number of unbranched alkanes of at least 4 members (excludes halogenated alkanes) is 2. The minimum absolute atomic E-state index is 0.116. The van der Waals surface area contributed by atoms with Gasteiger partial charge in [0, 0.05) is 50.7 Å². The van der Waals surface area contributed by atoms with Crippen LogP contribution < -0.4 is 4.74 Å². The van der Waals surface area contributed by atoms with Gasteiger partial charge >= 0.3 is 14.8 Å². The van der Waals surface area contributed by atoms with E-state index in [2.05, 4.69) is 12.1 Å². The summed E-state index contributed by atoms with van der Waals surface area (Å²) in [6.45, 7) is 5.68. The number of benzene rings is 2. The molecule has 11 heteroatoms. The van der Waals surface area contributed by atoms with E-state index in [1.165, 1.54) is 14.2 Å². The Morgan fingerprint density at radius 2 is 1.50 bits per heavy atom. The van der Waals surface area contributed by atoms with Crippen molar-refractivity contribution in [2.45, 2.75) is 78.1 Å². The van der Waals surface area contributed by atoms with Crippen molar-refractivity contribution in [2.24, 2.45) is 11.1 Å². The molecule has 1 N–H and O–H groups in total. The molecule has 42 heavy (non-hydrogen) atoms. The van der Waals surface area contributed by atoms with Gasteiger partial charge in [0.15, 0.2) is 0 Å². The lowest BCUT2D eigenvalue weighted by Crippen LogP contribution is -2.42. The van der Waals surface area contributed by atoms with Crippen LogP contribution in [0.15, 0.2) is 59.8 Å². The Kier molecular flexibility index (Phi) is 15.1. The van der Waals surface area contributed by atoms with Gasteiger partial charge < -0.3 is 28.0 Å². The summed E-state index contributed by atoms with van der Waals surface area (Å²) in [4.78, 5) is 43.2. The lowest BCUT2D eigenvalue weighted by Gasteiger charge is -2.21. The summed E-state index contributed by atoms with van der Waals surface area (Å²) in [5, 5.41) is 14.6. The molecule has 2 aromatic carbocycles. The largest absolute Gasteiger partial charge is 0.564 e. The molecule has 0 saturated carbocycles. The molecule has 230 valence electrons. The van der Waals surface area contributed by atoms with E-state index in [4.69, 9.17) is 22.9 Å². The van der Waals surface area contributed by atoms with Crippen molar-refractivity contribution < 1.29 is 42.3 Å². The summed E-state index contributed by atoms with van der Waals surface area (Å²) in [6, 6.07) is 15.1. The Morgan fingerprint density at radius 3 is 2.07 bits per heavy atom. The van der Waals surface area contributed by atoms with Gasteiger partial charge in [-0.15, -0.1) is 0 Å². The van der Waals surface area contributed by atoms with E-state index in [-0.39, 0.29) is 30.3 Å². The molecule has 0 amide bonds. The number of rotatable bonds is 19. The quantitative estimate of drug-likeness (QED) is 0.0300. The summed E-state index contributed by atoms with van der Waals surface area (Å²) < 4.78 is 20.9. The van der Waals surface area contributed by atoms with Gasteiger partial charge in [-0.1, -0.05) is 62.2 Å². The molecule has 0 aliphatic carbocycles. The highest BCUT2D eigenvalue weighted by molar-refractivity contribution is 6.60. The molecule has 0 spiro atoms. The standard InChI is InChI=1S/C31H43NO9Si/c1-6-8-14-23(7-2)29(32-40-31(36)25-15-10-9-11-16-25)30(35)24-19-21-26(22-20-24)39-27(33)17-12-13-18-28(34)41-42(5,37-3)38-4/h9-11,15-16,19-23,31,36H,6-8,12-14,17-18H2,1-5H3/b32-29+. The monoisotopic (exact) mass is 601 g/mol. The predicted molar refractivity (Wildman–Crippen MR) is 160 cm³/mol. The number of nitrogens with zero attached hydrogens (tertiary/aromatic N) is 1. The van der Waals surface area contributed by atoms with Crippen LogP contribution in [0.5, 0.6) is 5.75 Å². The normalized spacial score (nSPS) is 13.2. The van der Waals surface area contributed by atoms with Crippen LogP contribution in [0.25, 0.3) is 0 Å². The second-order valence-electron chi connectivity index (χ2n) is 9.87. The predicted octanol–water partition coefficient (Wildman–Crippen LogP) is 6.02. The van der Waals surface area contributed by atoms with Crippen molar-refractivity contribution >= 4 is 32.2 Å². The van der Waals surface area contributed by atoms with E-state index in [9.17, 15) is 19.5 Å². The molecule has 0 saturated heterocycles. The van der Waals surface area contributed by atoms with Gasteiger partial charge in [0.2, 0.25) is 5.78 Å². The number of aliphatic hydroxyl groups is 1. The van der Waals surface area contributed by atoms with Gasteiger partial charge in [0.05, 0.1) is 0 Å². The fraction of sp³-hybridized carbons (Fsp3) is 0.484. The Hall–Kier alpha value is -3.38. The molecule has 2 unspecified atom stereocenters. The van der Waals surface area contributed by atoms with Crippen LogP contribution in [0, 0.1) is 5.92 Å². The van der Waals surface area contributed by atoms with E-state index < -0.39 is 27.0 Å². The van der Waals surface area contributed by atoms with E-state index in [0.29, 0.717) is 36.1 Å². The summed E-state index contributed by atoms with van der Waals surface area (Å²) in [5.41, 5.74) is 1.13. The number of Topliss-reactive ketones (excluding diaryl/α,β-unsaturated/α-hetero) is 1. The number of aliphatic hydroxyl groups excluding tert-OH is 1. The van der Waals surface area contributed by atoms with Crippen LogP contribution in [-0.2, 0) is 27.7 Å². The summed E-state index contributed by atoms with van der Waals surface area (Å²) in [5.74, 6) is -1.06. The molecular formula is C31H43NO9Si. The average molecular weight is 602 g/mol. The third-order valence-electron chi connectivity index (χ3n) is 6.75. The van der Waals surface area contributed by atoms with Crippen molar-refractivity contribution in [2.75, 3.05) is 14.2 Å². The third kappa shape index (κ3) is 11.5. The highest BCUT2D eigenvalue weighted by atomic mass is 28.4. The van der Waals surface area contributed by atoms with Crippen molar-refractivity contribution in [3.05, 3.63) is 65.7 Å². The van der Waals surface area contributed by atoms with E-state index in [1.54, 1.807) is 55.1 Å². The maximum atomic E-state index is 13.5. The van der Waals surface area contributed by atoms with Gasteiger partial charge in [-0.3, -0.25) is 14.4 Å². The Labute approximate surface area is 249 Å². The molecule has 2 rings (SSSR count). The van der Waals surface area contributed by atoms with Crippen LogP contribution in [0.2, 0.25) is 6.55 Å². The van der Waals surface area contributed by atoms with Crippen LogP contribution >= 0.6 is 0 Å². The maximum absolute atomic E-state index is 13.5. The van der Waals surface area contributed by atoms with Crippen LogP contribution in [0.1, 0.15) is 87.4 Å². The average Bonchev–Trinajstić information content (AvgIpc) is 3.01. The molecule has 0 bridgehead atoms. The Bertz CT molecular complexity index is 1150. The van der Waals surface area contributed by atoms with E-state index in [1.807, 2.05) is 13.0 Å². The molecule has 0 aromatic heterocycles. The number of ketones is 1. The summed E-state index contributed by atoms with van der Waals surface area (Å²) in [6.07, 6.45) is 3.16. The minimum atomic E-state index is -2.94. The SMILES string of the molecule is CCCCC(CC)/C(=N\OC(O)c1ccccc1)C(=O)c1ccc(OC(=O)CCCCC(=O)O[Si](C)(OC)OC)cc1. The minimum Gasteiger partial charge on any atom is -0.473 e. The number of hydrogen-bond acceptors (Lipinski definition) is 10. The zero-order valence-corrected chi connectivity index (χ0v) is 26.2. The molecule has 0 radical (unpaired) electrons. The molecule has 2 atom stereocenters. The molecule has 2 aromatic rings. The molecule has 0 fully saturated rings. The van der Waals surface area contributed by atoms with Gasteiger partial charge in [-0.25, -0.2) is 0 Å². The van der Waals surface area contributed by atoms with Crippen molar-refractivity contribution in [1.29, 1.82) is 0 Å². The van der Waals surface area contributed by atoms with Crippen LogP contribution in [0.3, 0.4) is 0 Å². The number of hydrogen-bond donors (Lipinski definition) is 1. The Balaban J connectivity index is 1.98. The van der Waals surface area contributed by atoms with Gasteiger partial charge in [0.25, 0.3) is 12.3 Å². The lowest BCUT2D eigenvalue weighted by molar-refractivity contribution is -0.139. The highest BCUT2D eigenvalue weighted by Crippen LogP contribution is 2.22. The van der Waals surface area contributed by atoms with E-state index >= 15 is 0 Å². The first-order chi connectivity index (χ1) is 20.2. The zero-order valence-electron chi connectivity index (χ0n) is 25.2. The molecule has 0 aliphatic heterocycles. The van der Waals surface area contributed by atoms with Crippen molar-refractivity contribution in [1.82, 2.24) is 0 Å². The maximum Gasteiger partial charge on any atom is 0.564 e. The number of esters is 1. The second-order valence-corrected chi connectivity index (χ2v) is 12.6. The number of oxime groups is 1. The highest BCUT2D eigenvalue weighted by Gasteiger charge is 2.36.